The molecule has 4 fully saturated rings. The van der Waals surface area contributed by atoms with Crippen LogP contribution in [0.3, 0.4) is 0 Å². The minimum atomic E-state index is -2.12. The summed E-state index contributed by atoms with van der Waals surface area (Å²) < 4.78 is 45.5. The lowest BCUT2D eigenvalue weighted by atomic mass is 9.95. The summed E-state index contributed by atoms with van der Waals surface area (Å²) in [5.74, 6) is -1.42. The molecule has 21 atom stereocenters. The van der Waals surface area contributed by atoms with Gasteiger partial charge < -0.3 is 115 Å². The molecule has 0 aliphatic carbocycles. The van der Waals surface area contributed by atoms with Crippen molar-refractivity contribution in [1.82, 2.24) is 16.0 Å². The van der Waals surface area contributed by atoms with Gasteiger partial charge in [-0.1, -0.05) is 0 Å². The molecule has 15 N–H and O–H groups in total. The zero-order chi connectivity index (χ0) is 43.0. The Hall–Kier alpha value is -2.39. The fourth-order valence-electron chi connectivity index (χ4n) is 6.83. The third-order valence-electron chi connectivity index (χ3n) is 9.96. The van der Waals surface area contributed by atoms with Crippen LogP contribution in [0.5, 0.6) is 0 Å². The highest BCUT2D eigenvalue weighted by molar-refractivity contribution is 5.73. The first kappa shape index (κ1) is 48.3. The number of hydrogen-bond donors (Lipinski definition) is 15. The number of aliphatic hydroxyl groups is 12. The second kappa shape index (κ2) is 21.9. The Morgan fingerprint density at radius 3 is 1.59 bits per heavy atom. The van der Waals surface area contributed by atoms with Crippen LogP contribution in [0.15, 0.2) is 0 Å². The predicted octanol–water partition coefficient (Wildman–Crippen LogP) is -10.3. The summed E-state index contributed by atoms with van der Waals surface area (Å²) in [6.07, 6.45) is -31.6. The van der Waals surface area contributed by atoms with E-state index in [1.807, 2.05) is 0 Å². The Labute approximate surface area is 330 Å². The van der Waals surface area contributed by atoms with E-state index >= 15 is 0 Å². The zero-order valence-corrected chi connectivity index (χ0v) is 31.3. The monoisotopic (exact) mass is 849 g/mol. The molecule has 0 aromatic heterocycles. The van der Waals surface area contributed by atoms with E-state index in [9.17, 15) is 75.7 Å². The Morgan fingerprint density at radius 1 is 0.569 bits per heavy atom. The maximum Gasteiger partial charge on any atom is 0.217 e. The van der Waals surface area contributed by atoms with Gasteiger partial charge in [-0.05, 0) is 0 Å². The van der Waals surface area contributed by atoms with Crippen LogP contribution in [-0.2, 0) is 52.3 Å². The Kier molecular flexibility index (Phi) is 18.2. The van der Waals surface area contributed by atoms with E-state index < -0.39 is 180 Å². The van der Waals surface area contributed by atoms with Crippen LogP contribution in [0, 0.1) is 0 Å². The quantitative estimate of drug-likeness (QED) is 0.0569. The van der Waals surface area contributed by atoms with Gasteiger partial charge in [-0.25, -0.2) is 0 Å². The van der Waals surface area contributed by atoms with Gasteiger partial charge in [0.25, 0.3) is 0 Å². The summed E-state index contributed by atoms with van der Waals surface area (Å²) in [5, 5.41) is 134. The van der Waals surface area contributed by atoms with E-state index in [1.165, 1.54) is 0 Å². The SMILES string of the molecule is CC(=O)N[C@H]1[C@H](OC[C@H]2O[C@@H](O[C@H]3[C@H](O)[C@@H](O)[C@H](OC[C@@H](CO)NC=O)O[C@@H]3CO)[C@H](O)[C@@H](O[C@@H]3O[C@H](CO)[C@@H](O)[C@H](O)[C@H]3NC(C)=O)[C@H]2O)O[C@H](CO)[C@@H](O)[C@@H]1O. The highest BCUT2D eigenvalue weighted by Crippen LogP contribution is 2.34. The lowest BCUT2D eigenvalue weighted by Gasteiger charge is -2.49. The number of nitrogens with one attached hydrogen (secondary N) is 3. The number of amides is 3. The largest absolute Gasteiger partial charge is 0.394 e. The highest BCUT2D eigenvalue weighted by atomic mass is 16.8. The maximum absolute atomic E-state index is 12.1. The van der Waals surface area contributed by atoms with E-state index in [0.717, 1.165) is 13.8 Å². The third kappa shape index (κ3) is 11.3. The molecule has 4 aliphatic rings. The van der Waals surface area contributed by atoms with Crippen LogP contribution in [0.25, 0.3) is 0 Å². The van der Waals surface area contributed by atoms with Crippen molar-refractivity contribution < 1.29 is 114 Å². The fraction of sp³-hybridized carbons (Fsp3) is 0.906. The molecule has 336 valence electrons. The molecule has 4 heterocycles. The van der Waals surface area contributed by atoms with Crippen LogP contribution in [0.1, 0.15) is 13.8 Å². The van der Waals surface area contributed by atoms with Crippen molar-refractivity contribution in [2.24, 2.45) is 0 Å². The molecule has 0 bridgehead atoms. The van der Waals surface area contributed by atoms with Gasteiger partial charge >= 0.3 is 0 Å². The lowest BCUT2D eigenvalue weighted by molar-refractivity contribution is -0.378. The van der Waals surface area contributed by atoms with Gasteiger partial charge in [0, 0.05) is 13.8 Å². The molecule has 4 rings (SSSR count). The molecular weight excluding hydrogens is 794 g/mol. The standard InChI is InChI=1S/C32H55N3O23/c1-10(41)34-17-22(46)19(43)13(4-37)53-29(17)52-8-16-21(45)28(58-30-18(35-11(2)42)23(47)20(44)14(5-38)54-30)26(50)32(56-16)57-27-15(6-39)55-31(25(49)24(27)48)51-7-12(3-36)33-9-40/h9,12-32,36-39,43-50H,3-8H2,1-2H3,(H,33,40)(H,34,41)(H,35,42)/t12-,13-,14-,15-,16-,17-,18-,19-,20-,21+,22-,23-,24-,25-,26-,27-,28+,29-,30+,31-,32+/m1/s1. The van der Waals surface area contributed by atoms with Crippen molar-refractivity contribution in [3.63, 3.8) is 0 Å². The third-order valence-corrected chi connectivity index (χ3v) is 9.96. The second-order valence-electron chi connectivity index (χ2n) is 14.1. The molecule has 4 aliphatic heterocycles. The van der Waals surface area contributed by atoms with Gasteiger partial charge in [0.05, 0.1) is 45.7 Å². The van der Waals surface area contributed by atoms with E-state index in [0.29, 0.717) is 6.41 Å². The van der Waals surface area contributed by atoms with Crippen LogP contribution in [0.4, 0.5) is 0 Å². The van der Waals surface area contributed by atoms with Gasteiger partial charge in [-0.3, -0.25) is 14.4 Å². The molecule has 58 heavy (non-hydrogen) atoms. The summed E-state index contributed by atoms with van der Waals surface area (Å²) in [7, 11) is 0. The first-order valence-electron chi connectivity index (χ1n) is 18.3. The Bertz CT molecular complexity index is 1310. The first-order valence-corrected chi connectivity index (χ1v) is 18.3. The van der Waals surface area contributed by atoms with Gasteiger partial charge in [0.1, 0.15) is 97.5 Å². The number of carbonyl (C=O) groups excluding carboxylic acids is 3. The van der Waals surface area contributed by atoms with Crippen molar-refractivity contribution in [2.45, 2.75) is 143 Å². The van der Waals surface area contributed by atoms with Crippen molar-refractivity contribution >= 4 is 18.2 Å². The summed E-state index contributed by atoms with van der Waals surface area (Å²) in [6, 6.07) is -3.96. The molecule has 0 unspecified atom stereocenters. The topological polar surface area (TPSA) is 404 Å². The predicted molar refractivity (Wildman–Crippen MR) is 181 cm³/mol. The van der Waals surface area contributed by atoms with Crippen molar-refractivity contribution in [3.8, 4) is 0 Å². The molecule has 26 heteroatoms. The molecule has 0 aromatic rings. The minimum Gasteiger partial charge on any atom is -0.394 e. The Balaban J connectivity index is 1.63. The fourth-order valence-corrected chi connectivity index (χ4v) is 6.83. The number of aliphatic hydroxyl groups excluding tert-OH is 12. The average Bonchev–Trinajstić information content (AvgIpc) is 3.19. The highest BCUT2D eigenvalue weighted by Gasteiger charge is 2.55. The van der Waals surface area contributed by atoms with Crippen LogP contribution in [0.2, 0.25) is 0 Å². The van der Waals surface area contributed by atoms with Crippen LogP contribution < -0.4 is 16.0 Å². The second-order valence-corrected chi connectivity index (χ2v) is 14.1. The average molecular weight is 850 g/mol. The number of rotatable bonds is 18. The summed E-state index contributed by atoms with van der Waals surface area (Å²) >= 11 is 0. The van der Waals surface area contributed by atoms with Crippen molar-refractivity contribution in [2.75, 3.05) is 39.6 Å². The molecule has 4 saturated heterocycles. The van der Waals surface area contributed by atoms with E-state index in [-0.39, 0.29) is 0 Å². The molecular formula is C32H55N3O23. The van der Waals surface area contributed by atoms with Crippen LogP contribution >= 0.6 is 0 Å². The van der Waals surface area contributed by atoms with Gasteiger partial charge in [-0.15, -0.1) is 0 Å². The molecule has 0 saturated carbocycles. The number of hydrogen-bond acceptors (Lipinski definition) is 23. The molecule has 26 nitrogen and oxygen atoms in total. The minimum absolute atomic E-state index is 0.291. The van der Waals surface area contributed by atoms with Crippen LogP contribution in [-0.4, -0.2) is 248 Å². The number of carbonyl (C=O) groups is 3. The van der Waals surface area contributed by atoms with Gasteiger partial charge in [0.2, 0.25) is 18.2 Å². The van der Waals surface area contributed by atoms with Gasteiger partial charge in [0.15, 0.2) is 25.2 Å². The first-order chi connectivity index (χ1) is 27.5. The van der Waals surface area contributed by atoms with Gasteiger partial charge in [-0.2, -0.15) is 0 Å². The zero-order valence-electron chi connectivity index (χ0n) is 31.3. The van der Waals surface area contributed by atoms with Crippen molar-refractivity contribution in [1.29, 1.82) is 0 Å². The van der Waals surface area contributed by atoms with E-state index in [1.54, 1.807) is 0 Å². The summed E-state index contributed by atoms with van der Waals surface area (Å²) in [5.41, 5.74) is 0. The molecule has 0 radical (unpaired) electrons. The van der Waals surface area contributed by atoms with E-state index in [4.69, 9.17) is 37.9 Å². The lowest BCUT2D eigenvalue weighted by Crippen LogP contribution is -2.69. The molecule has 0 spiro atoms. The maximum atomic E-state index is 12.1. The Morgan fingerprint density at radius 2 is 1.07 bits per heavy atom. The number of ether oxygens (including phenoxy) is 8. The molecule has 3 amide bonds. The van der Waals surface area contributed by atoms with Crippen molar-refractivity contribution in [3.05, 3.63) is 0 Å². The summed E-state index contributed by atoms with van der Waals surface area (Å²) in [4.78, 5) is 34.8. The smallest absolute Gasteiger partial charge is 0.217 e. The van der Waals surface area contributed by atoms with E-state index in [2.05, 4.69) is 16.0 Å². The molecule has 0 aromatic carbocycles. The normalized spacial score (nSPS) is 43.9. The summed E-state index contributed by atoms with van der Waals surface area (Å²) in [6.45, 7) is -2.16.